The van der Waals surface area contributed by atoms with Gasteiger partial charge in [-0.1, -0.05) is 24.6 Å². The number of non-ortho nitro benzene ring substituents is 1. The van der Waals surface area contributed by atoms with E-state index in [1.807, 2.05) is 0 Å². The van der Waals surface area contributed by atoms with Gasteiger partial charge in [0, 0.05) is 29.4 Å². The third kappa shape index (κ3) is 4.60. The van der Waals surface area contributed by atoms with Crippen LogP contribution in [0, 0.1) is 10.1 Å². The Morgan fingerprint density at radius 3 is 2.62 bits per heavy atom. The molecule has 1 aliphatic carbocycles. The van der Waals surface area contributed by atoms with E-state index >= 15 is 0 Å². The van der Waals surface area contributed by atoms with Crippen LogP contribution in [-0.4, -0.2) is 25.8 Å². The molecule has 10 heteroatoms. The van der Waals surface area contributed by atoms with Crippen molar-refractivity contribution in [2.75, 3.05) is 5.32 Å². The van der Waals surface area contributed by atoms with Crippen LogP contribution < -0.4 is 5.32 Å². The summed E-state index contributed by atoms with van der Waals surface area (Å²) in [5, 5.41) is 13.8. The molecule has 1 aliphatic rings. The van der Waals surface area contributed by atoms with Crippen LogP contribution in [-0.2, 0) is 0 Å². The largest absolute Gasteiger partial charge is 0.290 e. The van der Waals surface area contributed by atoms with Gasteiger partial charge in [-0.2, -0.15) is 0 Å². The number of amides is 1. The van der Waals surface area contributed by atoms with E-state index in [4.69, 9.17) is 0 Å². The summed E-state index contributed by atoms with van der Waals surface area (Å²) in [7, 11) is 0. The Balaban J connectivity index is 1.56. The molecule has 1 fully saturated rings. The predicted octanol–water partition coefficient (Wildman–Crippen LogP) is 4.90. The summed E-state index contributed by atoms with van der Waals surface area (Å²) in [6, 6.07) is 4.22. The molecule has 2 aromatic heterocycles. The minimum absolute atomic E-state index is 0.152. The standard InChI is InChI=1S/C19H17N5O3S2/c25-18(23-19-21-8-13(9-22-19)12-3-1-2-4-12)15-7-14(24(26)27)5-6-16(15)29-17-10-20-11-28-17/h5-12H,1-4H2,(H,21,22,23,25). The Bertz CT molecular complexity index is 1020. The number of carbonyl (C=O) groups is 1. The lowest BCUT2D eigenvalue weighted by Gasteiger charge is -2.10. The minimum atomic E-state index is -0.523. The van der Waals surface area contributed by atoms with E-state index in [0.717, 1.165) is 22.6 Å². The molecule has 0 aliphatic heterocycles. The number of anilines is 1. The molecule has 3 aromatic rings. The third-order valence-corrected chi connectivity index (χ3v) is 6.75. The van der Waals surface area contributed by atoms with Crippen LogP contribution in [0.1, 0.15) is 47.5 Å². The topological polar surface area (TPSA) is 111 Å². The highest BCUT2D eigenvalue weighted by Gasteiger charge is 2.20. The third-order valence-electron chi connectivity index (χ3n) is 4.76. The second kappa shape index (κ2) is 8.66. The van der Waals surface area contributed by atoms with E-state index in [2.05, 4.69) is 20.3 Å². The second-order valence-corrected chi connectivity index (χ2v) is 8.86. The van der Waals surface area contributed by atoms with Crippen molar-refractivity contribution in [2.24, 2.45) is 0 Å². The lowest BCUT2D eigenvalue weighted by molar-refractivity contribution is -0.384. The van der Waals surface area contributed by atoms with Crippen LogP contribution in [0.15, 0.2) is 51.4 Å². The van der Waals surface area contributed by atoms with E-state index in [9.17, 15) is 14.9 Å². The summed E-state index contributed by atoms with van der Waals surface area (Å²) in [6.07, 6.45) is 9.90. The van der Waals surface area contributed by atoms with Crippen molar-refractivity contribution in [1.29, 1.82) is 0 Å². The number of hydrogen-bond acceptors (Lipinski definition) is 8. The van der Waals surface area contributed by atoms with Gasteiger partial charge in [0.15, 0.2) is 0 Å². The number of hydrogen-bond donors (Lipinski definition) is 1. The van der Waals surface area contributed by atoms with E-state index in [1.165, 1.54) is 48.1 Å². The number of aromatic nitrogens is 3. The lowest BCUT2D eigenvalue weighted by atomic mass is 10.0. The molecule has 4 rings (SSSR count). The zero-order chi connectivity index (χ0) is 20.2. The molecular formula is C19H17N5O3S2. The highest BCUT2D eigenvalue weighted by atomic mass is 32.2. The predicted molar refractivity (Wildman–Crippen MR) is 111 cm³/mol. The number of nitrogens with one attached hydrogen (secondary N) is 1. The first kappa shape index (κ1) is 19.5. The molecule has 0 spiro atoms. The summed E-state index contributed by atoms with van der Waals surface area (Å²) in [5.41, 5.74) is 2.81. The molecule has 0 atom stereocenters. The van der Waals surface area contributed by atoms with Gasteiger partial charge in [-0.15, -0.1) is 11.3 Å². The fourth-order valence-electron chi connectivity index (χ4n) is 3.30. The maximum atomic E-state index is 12.8. The van der Waals surface area contributed by atoms with E-state index < -0.39 is 10.8 Å². The molecule has 29 heavy (non-hydrogen) atoms. The molecule has 0 bridgehead atoms. The van der Waals surface area contributed by atoms with Crippen LogP contribution in [0.4, 0.5) is 11.6 Å². The van der Waals surface area contributed by atoms with Gasteiger partial charge in [0.25, 0.3) is 11.6 Å². The van der Waals surface area contributed by atoms with Gasteiger partial charge >= 0.3 is 0 Å². The van der Waals surface area contributed by atoms with E-state index in [0.29, 0.717) is 10.8 Å². The van der Waals surface area contributed by atoms with Crippen molar-refractivity contribution in [3.05, 3.63) is 63.5 Å². The van der Waals surface area contributed by atoms with Crippen molar-refractivity contribution in [2.45, 2.75) is 40.7 Å². The zero-order valence-corrected chi connectivity index (χ0v) is 16.9. The number of thiazole rings is 1. The maximum absolute atomic E-state index is 12.8. The Morgan fingerprint density at radius 1 is 1.21 bits per heavy atom. The average Bonchev–Trinajstić information content (AvgIpc) is 3.43. The maximum Gasteiger partial charge on any atom is 0.270 e. The smallest absolute Gasteiger partial charge is 0.270 e. The summed E-state index contributed by atoms with van der Waals surface area (Å²) >= 11 is 2.76. The van der Waals surface area contributed by atoms with Gasteiger partial charge in [-0.25, -0.2) is 9.97 Å². The van der Waals surface area contributed by atoms with Crippen LogP contribution in [0.25, 0.3) is 0 Å². The molecule has 8 nitrogen and oxygen atoms in total. The van der Waals surface area contributed by atoms with Crippen LogP contribution in [0.5, 0.6) is 0 Å². The lowest BCUT2D eigenvalue weighted by Crippen LogP contribution is -2.15. The number of rotatable bonds is 6. The van der Waals surface area contributed by atoms with Crippen molar-refractivity contribution < 1.29 is 9.72 Å². The molecule has 0 unspecified atom stereocenters. The SMILES string of the molecule is O=C(Nc1ncc(C2CCCC2)cn1)c1cc([N+](=O)[O-])ccc1Sc1cncs1. The van der Waals surface area contributed by atoms with E-state index in [-0.39, 0.29) is 17.2 Å². The molecule has 1 saturated carbocycles. The Hall–Kier alpha value is -2.85. The van der Waals surface area contributed by atoms with E-state index in [1.54, 1.807) is 30.2 Å². The number of carbonyl (C=O) groups excluding carboxylic acids is 1. The summed E-state index contributed by atoms with van der Waals surface area (Å²) in [6.45, 7) is 0. The molecular weight excluding hydrogens is 410 g/mol. The van der Waals surface area contributed by atoms with Crippen molar-refractivity contribution in [3.63, 3.8) is 0 Å². The number of nitrogens with zero attached hydrogens (tertiary/aromatic N) is 4. The first-order valence-corrected chi connectivity index (χ1v) is 10.8. The molecule has 0 saturated heterocycles. The Kier molecular flexibility index (Phi) is 5.81. The monoisotopic (exact) mass is 427 g/mol. The van der Waals surface area contributed by atoms with Gasteiger partial charge in [0.1, 0.15) is 0 Å². The molecule has 0 radical (unpaired) electrons. The fraction of sp³-hybridized carbons (Fsp3) is 0.263. The fourth-order valence-corrected chi connectivity index (χ4v) is 4.97. The number of nitro benzene ring substituents is 1. The van der Waals surface area contributed by atoms with Crippen LogP contribution >= 0.6 is 23.1 Å². The van der Waals surface area contributed by atoms with Crippen molar-refractivity contribution in [1.82, 2.24) is 15.0 Å². The first-order valence-electron chi connectivity index (χ1n) is 9.08. The minimum Gasteiger partial charge on any atom is -0.290 e. The molecule has 1 amide bonds. The number of nitro groups is 1. The van der Waals surface area contributed by atoms with Crippen LogP contribution in [0.2, 0.25) is 0 Å². The molecule has 2 heterocycles. The molecule has 148 valence electrons. The summed E-state index contributed by atoms with van der Waals surface area (Å²) in [4.78, 5) is 36.6. The van der Waals surface area contributed by atoms with Crippen molar-refractivity contribution >= 4 is 40.6 Å². The second-order valence-electron chi connectivity index (χ2n) is 6.64. The Labute approximate surface area is 175 Å². The first-order chi connectivity index (χ1) is 14.1. The summed E-state index contributed by atoms with van der Waals surface area (Å²) in [5.74, 6) is 0.172. The van der Waals surface area contributed by atoms with Crippen molar-refractivity contribution in [3.8, 4) is 0 Å². The van der Waals surface area contributed by atoms with Gasteiger partial charge in [0.05, 0.1) is 26.4 Å². The zero-order valence-electron chi connectivity index (χ0n) is 15.3. The van der Waals surface area contributed by atoms with Crippen LogP contribution in [0.3, 0.4) is 0 Å². The van der Waals surface area contributed by atoms with Gasteiger partial charge in [0.2, 0.25) is 5.95 Å². The van der Waals surface area contributed by atoms with Gasteiger partial charge in [-0.3, -0.25) is 25.2 Å². The normalized spacial score (nSPS) is 14.1. The Morgan fingerprint density at radius 2 is 1.97 bits per heavy atom. The highest BCUT2D eigenvalue weighted by Crippen LogP contribution is 2.35. The molecule has 1 N–H and O–H groups in total. The van der Waals surface area contributed by atoms with Gasteiger partial charge < -0.3 is 0 Å². The highest BCUT2D eigenvalue weighted by molar-refractivity contribution is 8.01. The average molecular weight is 428 g/mol. The number of benzene rings is 1. The summed E-state index contributed by atoms with van der Waals surface area (Å²) < 4.78 is 0.880. The molecule has 1 aromatic carbocycles. The quantitative estimate of drug-likeness (QED) is 0.440. The van der Waals surface area contributed by atoms with Gasteiger partial charge in [-0.05, 0) is 30.4 Å².